The fourth-order valence-corrected chi connectivity index (χ4v) is 2.34. The summed E-state index contributed by atoms with van der Waals surface area (Å²) in [5.74, 6) is -0.320. The van der Waals surface area contributed by atoms with Crippen LogP contribution in [-0.2, 0) is 0 Å². The SMILES string of the molecule is CCCN(C)c1ccc(/C=N/NC(=S)Nc2cccc(F)c2)cc1. The fourth-order valence-electron chi connectivity index (χ4n) is 2.17. The minimum atomic E-state index is -0.320. The molecule has 0 saturated heterocycles. The molecule has 0 heterocycles. The van der Waals surface area contributed by atoms with E-state index in [0.717, 1.165) is 18.5 Å². The van der Waals surface area contributed by atoms with Gasteiger partial charge in [0.05, 0.1) is 6.21 Å². The van der Waals surface area contributed by atoms with E-state index in [1.54, 1.807) is 18.3 Å². The lowest BCUT2D eigenvalue weighted by Crippen LogP contribution is -2.23. The first-order valence-corrected chi connectivity index (χ1v) is 8.16. The van der Waals surface area contributed by atoms with Crippen LogP contribution in [0, 0.1) is 5.82 Å². The lowest BCUT2D eigenvalue weighted by molar-refractivity contribution is 0.628. The minimum Gasteiger partial charge on any atom is -0.375 e. The van der Waals surface area contributed by atoms with Crippen LogP contribution in [0.15, 0.2) is 53.6 Å². The maximum absolute atomic E-state index is 13.1. The van der Waals surface area contributed by atoms with E-state index in [4.69, 9.17) is 12.2 Å². The smallest absolute Gasteiger partial charge is 0.191 e. The van der Waals surface area contributed by atoms with Crippen molar-refractivity contribution < 1.29 is 4.39 Å². The second-order valence-electron chi connectivity index (χ2n) is 5.35. The molecule has 0 saturated carbocycles. The van der Waals surface area contributed by atoms with E-state index in [0.29, 0.717) is 10.8 Å². The third-order valence-electron chi connectivity index (χ3n) is 3.36. The summed E-state index contributed by atoms with van der Waals surface area (Å²) in [5, 5.41) is 7.25. The number of hydrogen-bond donors (Lipinski definition) is 2. The lowest BCUT2D eigenvalue weighted by Gasteiger charge is -2.18. The fraction of sp³-hybridized carbons (Fsp3) is 0.222. The van der Waals surface area contributed by atoms with Gasteiger partial charge >= 0.3 is 0 Å². The predicted molar refractivity (Wildman–Crippen MR) is 103 cm³/mol. The van der Waals surface area contributed by atoms with Crippen molar-refractivity contribution in [2.24, 2.45) is 5.10 Å². The highest BCUT2D eigenvalue weighted by molar-refractivity contribution is 7.80. The van der Waals surface area contributed by atoms with Crippen molar-refractivity contribution in [1.82, 2.24) is 5.43 Å². The summed E-state index contributed by atoms with van der Waals surface area (Å²) in [6.45, 7) is 3.18. The molecule has 126 valence electrons. The third kappa shape index (κ3) is 5.62. The van der Waals surface area contributed by atoms with Gasteiger partial charge in [-0.25, -0.2) is 4.39 Å². The maximum atomic E-state index is 13.1. The molecule has 0 bridgehead atoms. The Morgan fingerprint density at radius 1 is 1.25 bits per heavy atom. The van der Waals surface area contributed by atoms with Gasteiger partial charge in [0.1, 0.15) is 5.82 Å². The van der Waals surface area contributed by atoms with E-state index in [1.807, 2.05) is 12.1 Å². The predicted octanol–water partition coefficient (Wildman–Crippen LogP) is 3.99. The largest absolute Gasteiger partial charge is 0.375 e. The van der Waals surface area contributed by atoms with E-state index >= 15 is 0 Å². The summed E-state index contributed by atoms with van der Waals surface area (Å²) in [6, 6.07) is 14.2. The number of rotatable bonds is 6. The van der Waals surface area contributed by atoms with E-state index < -0.39 is 0 Å². The number of benzene rings is 2. The number of hydrazone groups is 1. The van der Waals surface area contributed by atoms with E-state index in [1.165, 1.54) is 17.8 Å². The topological polar surface area (TPSA) is 39.7 Å². The van der Waals surface area contributed by atoms with Crippen molar-refractivity contribution in [2.75, 3.05) is 23.8 Å². The van der Waals surface area contributed by atoms with Gasteiger partial charge in [0.15, 0.2) is 5.11 Å². The molecular weight excluding hydrogens is 323 g/mol. The van der Waals surface area contributed by atoms with Crippen molar-refractivity contribution in [3.63, 3.8) is 0 Å². The van der Waals surface area contributed by atoms with Gasteiger partial charge in [-0.2, -0.15) is 5.10 Å². The quantitative estimate of drug-likeness (QED) is 0.472. The van der Waals surface area contributed by atoms with E-state index in [-0.39, 0.29) is 5.82 Å². The molecule has 0 aromatic heterocycles. The molecule has 0 amide bonds. The van der Waals surface area contributed by atoms with Gasteiger partial charge in [0.2, 0.25) is 0 Å². The van der Waals surface area contributed by atoms with Crippen LogP contribution < -0.4 is 15.6 Å². The molecule has 2 N–H and O–H groups in total. The first kappa shape index (κ1) is 17.9. The molecular formula is C18H21FN4S. The molecule has 2 rings (SSSR count). The summed E-state index contributed by atoms with van der Waals surface area (Å²) in [6.07, 6.45) is 2.79. The number of halogens is 1. The average Bonchev–Trinajstić information content (AvgIpc) is 2.55. The molecule has 0 unspecified atom stereocenters. The number of nitrogens with zero attached hydrogens (tertiary/aromatic N) is 2. The number of thiocarbonyl (C=S) groups is 1. The molecule has 6 heteroatoms. The Morgan fingerprint density at radius 3 is 2.67 bits per heavy atom. The summed E-state index contributed by atoms with van der Waals surface area (Å²) in [4.78, 5) is 2.21. The lowest BCUT2D eigenvalue weighted by atomic mass is 10.2. The van der Waals surface area contributed by atoms with Crippen molar-refractivity contribution in [3.8, 4) is 0 Å². The molecule has 0 atom stereocenters. The number of nitrogens with one attached hydrogen (secondary N) is 2. The Balaban J connectivity index is 1.86. The van der Waals surface area contributed by atoms with Crippen LogP contribution in [0.5, 0.6) is 0 Å². The Bertz CT molecular complexity index is 700. The van der Waals surface area contributed by atoms with Gasteiger partial charge in [-0.05, 0) is 54.5 Å². The van der Waals surface area contributed by atoms with Crippen LogP contribution in [0.25, 0.3) is 0 Å². The molecule has 2 aromatic rings. The molecule has 2 aromatic carbocycles. The maximum Gasteiger partial charge on any atom is 0.191 e. The van der Waals surface area contributed by atoms with Gasteiger partial charge in [-0.3, -0.25) is 5.43 Å². The first-order chi connectivity index (χ1) is 11.6. The average molecular weight is 344 g/mol. The van der Waals surface area contributed by atoms with Crippen LogP contribution >= 0.6 is 12.2 Å². The summed E-state index contributed by atoms with van der Waals surface area (Å²) < 4.78 is 13.1. The minimum absolute atomic E-state index is 0.302. The highest BCUT2D eigenvalue weighted by atomic mass is 32.1. The van der Waals surface area contributed by atoms with Crippen LogP contribution in [0.4, 0.5) is 15.8 Å². The van der Waals surface area contributed by atoms with Crippen LogP contribution in [0.3, 0.4) is 0 Å². The first-order valence-electron chi connectivity index (χ1n) is 7.75. The molecule has 0 radical (unpaired) electrons. The number of hydrogen-bond acceptors (Lipinski definition) is 3. The van der Waals surface area contributed by atoms with Gasteiger partial charge in [0.25, 0.3) is 0 Å². The summed E-state index contributed by atoms with van der Waals surface area (Å²) in [7, 11) is 2.07. The molecule has 24 heavy (non-hydrogen) atoms. The molecule has 0 aliphatic rings. The summed E-state index contributed by atoms with van der Waals surface area (Å²) >= 11 is 5.11. The van der Waals surface area contributed by atoms with Crippen LogP contribution in [0.1, 0.15) is 18.9 Å². The van der Waals surface area contributed by atoms with Crippen molar-refractivity contribution >= 4 is 34.9 Å². The van der Waals surface area contributed by atoms with Crippen molar-refractivity contribution in [3.05, 3.63) is 59.9 Å². The second-order valence-corrected chi connectivity index (χ2v) is 5.76. The van der Waals surface area contributed by atoms with Gasteiger partial charge in [0, 0.05) is 25.0 Å². The standard InChI is InChI=1S/C18H21FN4S/c1-3-11-23(2)17-9-7-14(8-10-17)13-20-22-18(24)21-16-6-4-5-15(19)12-16/h4-10,12-13H,3,11H2,1-2H3,(H2,21,22,24)/b20-13+. The van der Waals surface area contributed by atoms with E-state index in [9.17, 15) is 4.39 Å². The molecule has 0 fully saturated rings. The van der Waals surface area contributed by atoms with Gasteiger partial charge in [-0.15, -0.1) is 0 Å². The van der Waals surface area contributed by atoms with Crippen molar-refractivity contribution in [1.29, 1.82) is 0 Å². The van der Waals surface area contributed by atoms with Crippen molar-refractivity contribution in [2.45, 2.75) is 13.3 Å². The summed E-state index contributed by atoms with van der Waals surface area (Å²) in [5.41, 5.74) is 5.42. The Kier molecular flexibility index (Phi) is 6.69. The molecule has 4 nitrogen and oxygen atoms in total. The van der Waals surface area contributed by atoms with Gasteiger partial charge in [-0.1, -0.05) is 25.1 Å². The normalized spacial score (nSPS) is 10.6. The zero-order chi connectivity index (χ0) is 17.4. The Labute approximate surface area is 147 Å². The third-order valence-corrected chi connectivity index (χ3v) is 3.55. The second kappa shape index (κ2) is 8.98. The monoisotopic (exact) mass is 344 g/mol. The molecule has 0 aliphatic carbocycles. The Morgan fingerprint density at radius 2 is 2.00 bits per heavy atom. The van der Waals surface area contributed by atoms with Gasteiger partial charge < -0.3 is 10.2 Å². The van der Waals surface area contributed by atoms with Crippen LogP contribution in [-0.4, -0.2) is 24.9 Å². The Hall–Kier alpha value is -2.47. The highest BCUT2D eigenvalue weighted by Crippen LogP contribution is 2.13. The number of anilines is 2. The van der Waals surface area contributed by atoms with Crippen LogP contribution in [0.2, 0.25) is 0 Å². The zero-order valence-corrected chi connectivity index (χ0v) is 14.6. The zero-order valence-electron chi connectivity index (χ0n) is 13.8. The van der Waals surface area contributed by atoms with E-state index in [2.05, 4.69) is 46.8 Å². The molecule has 0 aliphatic heterocycles. The molecule has 0 spiro atoms. The highest BCUT2D eigenvalue weighted by Gasteiger charge is 1.99.